The number of hydrogen-bond acceptors (Lipinski definition) is 5. The van der Waals surface area contributed by atoms with Gasteiger partial charge >= 0.3 is 0 Å². The minimum atomic E-state index is 0.0762. The second-order valence-electron chi connectivity index (χ2n) is 7.80. The lowest BCUT2D eigenvalue weighted by atomic mass is 9.94. The first kappa shape index (κ1) is 18.0. The molecule has 27 heavy (non-hydrogen) atoms. The molecule has 1 amide bonds. The molecule has 2 bridgehead atoms. The highest BCUT2D eigenvalue weighted by atomic mass is 16.5. The number of hydrogen-bond donors (Lipinski definition) is 0. The molecule has 0 aliphatic carbocycles. The molecule has 6 nitrogen and oxygen atoms in total. The van der Waals surface area contributed by atoms with Crippen molar-refractivity contribution in [2.45, 2.75) is 39.3 Å². The maximum absolute atomic E-state index is 13.2. The van der Waals surface area contributed by atoms with Crippen molar-refractivity contribution >= 4 is 5.91 Å². The molecular weight excluding hydrogens is 342 g/mol. The number of aromatic nitrogens is 1. The summed E-state index contributed by atoms with van der Waals surface area (Å²) >= 11 is 0. The first-order valence-corrected chi connectivity index (χ1v) is 9.64. The average molecular weight is 369 g/mol. The second-order valence-corrected chi connectivity index (χ2v) is 7.80. The Balaban J connectivity index is 1.49. The van der Waals surface area contributed by atoms with Gasteiger partial charge in [0.2, 0.25) is 0 Å². The summed E-state index contributed by atoms with van der Waals surface area (Å²) in [5.41, 5.74) is 2.61. The molecule has 4 heterocycles. The Labute approximate surface area is 160 Å². The van der Waals surface area contributed by atoms with Gasteiger partial charge in [0.25, 0.3) is 5.91 Å². The normalized spacial score (nSPS) is 22.7. The molecule has 3 fully saturated rings. The van der Waals surface area contributed by atoms with Crippen LogP contribution in [0.25, 0.3) is 0 Å². The van der Waals surface area contributed by atoms with Crippen molar-refractivity contribution in [3.63, 3.8) is 0 Å². The molecule has 1 aromatic carbocycles. The Kier molecular flexibility index (Phi) is 4.91. The van der Waals surface area contributed by atoms with Crippen LogP contribution in [-0.2, 0) is 6.54 Å². The predicted octanol–water partition coefficient (Wildman–Crippen LogP) is 3.04. The first-order chi connectivity index (χ1) is 13.0. The van der Waals surface area contributed by atoms with Gasteiger partial charge in [0.15, 0.2) is 0 Å². The van der Waals surface area contributed by atoms with E-state index in [0.29, 0.717) is 22.9 Å². The van der Waals surface area contributed by atoms with Crippen molar-refractivity contribution in [2.24, 2.45) is 5.92 Å². The zero-order valence-electron chi connectivity index (χ0n) is 16.3. The molecule has 5 rings (SSSR count). The van der Waals surface area contributed by atoms with Crippen molar-refractivity contribution in [2.75, 3.05) is 26.7 Å². The molecule has 2 atom stereocenters. The molecule has 1 aromatic heterocycles. The second kappa shape index (κ2) is 7.35. The number of ether oxygens (including phenoxy) is 1. The summed E-state index contributed by atoms with van der Waals surface area (Å²) < 4.78 is 10.5. The van der Waals surface area contributed by atoms with Gasteiger partial charge in [-0.2, -0.15) is 0 Å². The standard InChI is InChI=1S/C21H27N3O3/c1-14-20(15(2)27-22-14)21(25)24-12-17-4-7-18(24)13-23(11-17)10-16-5-8-19(26-3)9-6-16/h5-6,8-9,17-18H,4,7,10-13H2,1-3H3/t17-,18+/m0/s1. The fourth-order valence-electron chi connectivity index (χ4n) is 4.48. The third-order valence-electron chi connectivity index (χ3n) is 5.86. The Morgan fingerprint density at radius 3 is 2.63 bits per heavy atom. The number of carbonyl (C=O) groups is 1. The zero-order valence-corrected chi connectivity index (χ0v) is 16.3. The largest absolute Gasteiger partial charge is 0.497 e. The quantitative estimate of drug-likeness (QED) is 0.829. The van der Waals surface area contributed by atoms with Crippen LogP contribution in [0.2, 0.25) is 0 Å². The van der Waals surface area contributed by atoms with Crippen LogP contribution < -0.4 is 4.74 Å². The number of methoxy groups -OCH3 is 1. The van der Waals surface area contributed by atoms with Gasteiger partial charge < -0.3 is 14.2 Å². The molecule has 0 unspecified atom stereocenters. The van der Waals surface area contributed by atoms with E-state index in [1.165, 1.54) is 12.0 Å². The van der Waals surface area contributed by atoms with Crippen molar-refractivity contribution in [1.82, 2.24) is 15.0 Å². The molecule has 3 aliphatic rings. The van der Waals surface area contributed by atoms with Gasteiger partial charge in [-0.05, 0) is 50.3 Å². The van der Waals surface area contributed by atoms with Crippen molar-refractivity contribution < 1.29 is 14.1 Å². The molecule has 0 saturated carbocycles. The lowest BCUT2D eigenvalue weighted by molar-refractivity contribution is 0.0582. The molecule has 2 aromatic rings. The van der Waals surface area contributed by atoms with Crippen LogP contribution in [0.3, 0.4) is 0 Å². The number of piperidine rings is 1. The third kappa shape index (κ3) is 3.58. The Morgan fingerprint density at radius 2 is 1.96 bits per heavy atom. The lowest BCUT2D eigenvalue weighted by Gasteiger charge is -2.36. The summed E-state index contributed by atoms with van der Waals surface area (Å²) in [6.07, 6.45) is 2.26. The van der Waals surface area contributed by atoms with Gasteiger partial charge in [-0.15, -0.1) is 0 Å². The van der Waals surface area contributed by atoms with Gasteiger partial charge in [-0.25, -0.2) is 0 Å². The molecule has 0 radical (unpaired) electrons. The number of fused-ring (bicyclic) bond motifs is 4. The highest BCUT2D eigenvalue weighted by Gasteiger charge is 2.38. The monoisotopic (exact) mass is 369 g/mol. The van der Waals surface area contributed by atoms with Gasteiger partial charge in [0, 0.05) is 32.2 Å². The van der Waals surface area contributed by atoms with E-state index in [0.717, 1.165) is 38.3 Å². The van der Waals surface area contributed by atoms with E-state index in [1.807, 2.05) is 26.0 Å². The molecule has 3 aliphatic heterocycles. The fraction of sp³-hybridized carbons (Fsp3) is 0.524. The summed E-state index contributed by atoms with van der Waals surface area (Å²) in [6.45, 7) is 7.34. The van der Waals surface area contributed by atoms with Crippen LogP contribution in [0.1, 0.15) is 40.2 Å². The van der Waals surface area contributed by atoms with Gasteiger partial charge in [-0.1, -0.05) is 17.3 Å². The Bertz CT molecular complexity index is 795. The summed E-state index contributed by atoms with van der Waals surface area (Å²) in [5.74, 6) is 2.09. The number of amides is 1. The topological polar surface area (TPSA) is 58.8 Å². The molecular formula is C21H27N3O3. The van der Waals surface area contributed by atoms with Crippen LogP contribution in [0.4, 0.5) is 0 Å². The van der Waals surface area contributed by atoms with E-state index >= 15 is 0 Å². The molecule has 3 saturated heterocycles. The molecule has 144 valence electrons. The minimum absolute atomic E-state index is 0.0762. The Hall–Kier alpha value is -2.34. The van der Waals surface area contributed by atoms with Crippen molar-refractivity contribution in [1.29, 1.82) is 0 Å². The maximum atomic E-state index is 13.2. The van der Waals surface area contributed by atoms with Crippen molar-refractivity contribution in [3.8, 4) is 5.75 Å². The molecule has 0 N–H and O–H groups in total. The molecule has 0 spiro atoms. The van der Waals surface area contributed by atoms with E-state index in [2.05, 4.69) is 27.1 Å². The lowest BCUT2D eigenvalue weighted by Crippen LogP contribution is -2.47. The number of aryl methyl sites for hydroxylation is 2. The van der Waals surface area contributed by atoms with Crippen LogP contribution in [0.15, 0.2) is 28.8 Å². The zero-order chi connectivity index (χ0) is 19.0. The summed E-state index contributed by atoms with van der Waals surface area (Å²) in [5, 5.41) is 3.96. The van der Waals surface area contributed by atoms with E-state index in [9.17, 15) is 4.79 Å². The summed E-state index contributed by atoms with van der Waals surface area (Å²) in [6, 6.07) is 8.52. The highest BCUT2D eigenvalue weighted by molar-refractivity contribution is 5.96. The number of carbonyl (C=O) groups excluding carboxylic acids is 1. The average Bonchev–Trinajstić information content (AvgIpc) is 2.84. The first-order valence-electron chi connectivity index (χ1n) is 9.64. The fourth-order valence-corrected chi connectivity index (χ4v) is 4.48. The van der Waals surface area contributed by atoms with Gasteiger partial charge in [0.1, 0.15) is 17.1 Å². The number of benzene rings is 1. The van der Waals surface area contributed by atoms with Crippen LogP contribution >= 0.6 is 0 Å². The van der Waals surface area contributed by atoms with Crippen molar-refractivity contribution in [3.05, 3.63) is 46.8 Å². The summed E-state index contributed by atoms with van der Waals surface area (Å²) in [7, 11) is 1.69. The number of rotatable bonds is 4. The Morgan fingerprint density at radius 1 is 1.19 bits per heavy atom. The minimum Gasteiger partial charge on any atom is -0.497 e. The maximum Gasteiger partial charge on any atom is 0.259 e. The van der Waals surface area contributed by atoms with Crippen LogP contribution in [-0.4, -0.2) is 53.6 Å². The van der Waals surface area contributed by atoms with E-state index in [-0.39, 0.29) is 11.9 Å². The SMILES string of the molecule is COc1ccc(CN2C[C@@H]3CC[C@H](C2)N(C(=O)c2c(C)noc2C)C3)cc1. The smallest absolute Gasteiger partial charge is 0.259 e. The van der Waals surface area contributed by atoms with Gasteiger partial charge in [-0.3, -0.25) is 9.69 Å². The van der Waals surface area contributed by atoms with Crippen LogP contribution in [0.5, 0.6) is 5.75 Å². The van der Waals surface area contributed by atoms with E-state index < -0.39 is 0 Å². The number of nitrogens with zero attached hydrogens (tertiary/aromatic N) is 3. The van der Waals surface area contributed by atoms with E-state index in [4.69, 9.17) is 9.26 Å². The third-order valence-corrected chi connectivity index (χ3v) is 5.86. The predicted molar refractivity (Wildman–Crippen MR) is 102 cm³/mol. The summed E-state index contributed by atoms with van der Waals surface area (Å²) in [4.78, 5) is 17.7. The molecule has 6 heteroatoms. The van der Waals surface area contributed by atoms with Gasteiger partial charge in [0.05, 0.1) is 12.8 Å². The van der Waals surface area contributed by atoms with Crippen LogP contribution in [0, 0.1) is 19.8 Å². The highest BCUT2D eigenvalue weighted by Crippen LogP contribution is 2.31. The van der Waals surface area contributed by atoms with E-state index in [1.54, 1.807) is 7.11 Å².